The van der Waals surface area contributed by atoms with Gasteiger partial charge in [0.25, 0.3) is 0 Å². The first-order valence-electron chi connectivity index (χ1n) is 8.37. The predicted octanol–water partition coefficient (Wildman–Crippen LogP) is 4.71. The highest BCUT2D eigenvalue weighted by Gasteiger charge is 2.19. The average Bonchev–Trinajstić information content (AvgIpc) is 3.05. The number of piperidine rings is 1. The van der Waals surface area contributed by atoms with Crippen LogP contribution in [-0.2, 0) is 4.74 Å². The molecule has 0 unspecified atom stereocenters. The van der Waals surface area contributed by atoms with Gasteiger partial charge in [0.15, 0.2) is 5.58 Å². The molecule has 0 radical (unpaired) electrons. The van der Waals surface area contributed by atoms with Gasteiger partial charge in [0, 0.05) is 15.6 Å². The van der Waals surface area contributed by atoms with Crippen molar-refractivity contribution in [1.29, 1.82) is 0 Å². The summed E-state index contributed by atoms with van der Waals surface area (Å²) in [5.74, 6) is 0.0517. The first-order chi connectivity index (χ1) is 12.6. The number of oxazole rings is 1. The van der Waals surface area contributed by atoms with Gasteiger partial charge in [-0.15, -0.1) is 0 Å². The molecular weight excluding hydrogens is 375 g/mol. The van der Waals surface area contributed by atoms with Crippen LogP contribution in [0, 0.1) is 0 Å². The standard InChI is InChI=1S/C19H16Cl2N2O3/c20-13-7-12(8-14(21)10-13)18-23-16-2-1-11(9-17(16)26-18)19(24)25-15-3-5-22-6-4-15/h1-2,7-10,15,22H,3-6H2. The number of hydrogen-bond donors (Lipinski definition) is 1. The minimum atomic E-state index is -0.345. The van der Waals surface area contributed by atoms with Gasteiger partial charge in [0.2, 0.25) is 5.89 Å². The number of halogens is 2. The first-order valence-corrected chi connectivity index (χ1v) is 9.13. The Morgan fingerprint density at radius 1 is 1.12 bits per heavy atom. The number of carbonyl (C=O) groups excluding carboxylic acids is 1. The summed E-state index contributed by atoms with van der Waals surface area (Å²) >= 11 is 12.1. The normalized spacial score (nSPS) is 15.3. The molecule has 1 fully saturated rings. The van der Waals surface area contributed by atoms with Crippen molar-refractivity contribution in [2.24, 2.45) is 0 Å². The first kappa shape index (κ1) is 17.3. The van der Waals surface area contributed by atoms with Crippen molar-refractivity contribution in [3.63, 3.8) is 0 Å². The highest BCUT2D eigenvalue weighted by molar-refractivity contribution is 6.35. The van der Waals surface area contributed by atoms with Crippen LogP contribution in [0.3, 0.4) is 0 Å². The van der Waals surface area contributed by atoms with Crippen LogP contribution in [-0.4, -0.2) is 30.1 Å². The van der Waals surface area contributed by atoms with E-state index in [0.29, 0.717) is 38.2 Å². The van der Waals surface area contributed by atoms with Crippen molar-refractivity contribution >= 4 is 40.3 Å². The van der Waals surface area contributed by atoms with E-state index in [4.69, 9.17) is 32.4 Å². The molecule has 2 heterocycles. The van der Waals surface area contributed by atoms with E-state index < -0.39 is 0 Å². The molecule has 0 amide bonds. The Bertz CT molecular complexity index is 944. The molecule has 134 valence electrons. The summed E-state index contributed by atoms with van der Waals surface area (Å²) < 4.78 is 11.4. The van der Waals surface area contributed by atoms with Crippen molar-refractivity contribution in [2.45, 2.75) is 18.9 Å². The van der Waals surface area contributed by atoms with Crippen LogP contribution in [0.2, 0.25) is 10.0 Å². The molecule has 2 aromatic carbocycles. The van der Waals surface area contributed by atoms with E-state index in [2.05, 4.69) is 10.3 Å². The highest BCUT2D eigenvalue weighted by atomic mass is 35.5. The number of hydrogen-bond acceptors (Lipinski definition) is 5. The van der Waals surface area contributed by atoms with E-state index in [9.17, 15) is 4.79 Å². The van der Waals surface area contributed by atoms with Crippen LogP contribution in [0.15, 0.2) is 40.8 Å². The summed E-state index contributed by atoms with van der Waals surface area (Å²) in [6.45, 7) is 1.73. The van der Waals surface area contributed by atoms with E-state index in [1.807, 2.05) is 0 Å². The van der Waals surface area contributed by atoms with Gasteiger partial charge in [-0.3, -0.25) is 0 Å². The van der Waals surface area contributed by atoms with E-state index >= 15 is 0 Å². The smallest absolute Gasteiger partial charge is 0.338 e. The maximum atomic E-state index is 12.4. The lowest BCUT2D eigenvalue weighted by atomic mass is 10.1. The number of fused-ring (bicyclic) bond motifs is 1. The van der Waals surface area contributed by atoms with E-state index in [-0.39, 0.29) is 12.1 Å². The molecular formula is C19H16Cl2N2O3. The third-order valence-electron chi connectivity index (χ3n) is 4.29. The van der Waals surface area contributed by atoms with Crippen LogP contribution in [0.4, 0.5) is 0 Å². The molecule has 0 atom stereocenters. The fraction of sp³-hybridized carbons (Fsp3) is 0.263. The van der Waals surface area contributed by atoms with Crippen molar-refractivity contribution in [1.82, 2.24) is 10.3 Å². The zero-order valence-corrected chi connectivity index (χ0v) is 15.3. The minimum absolute atomic E-state index is 0.0432. The van der Waals surface area contributed by atoms with Gasteiger partial charge >= 0.3 is 5.97 Å². The lowest BCUT2D eigenvalue weighted by molar-refractivity contribution is 0.0229. The zero-order valence-electron chi connectivity index (χ0n) is 13.8. The SMILES string of the molecule is O=C(OC1CCNCC1)c1ccc2nc(-c3cc(Cl)cc(Cl)c3)oc2c1. The lowest BCUT2D eigenvalue weighted by Gasteiger charge is -2.22. The fourth-order valence-electron chi connectivity index (χ4n) is 2.99. The monoisotopic (exact) mass is 390 g/mol. The summed E-state index contributed by atoms with van der Waals surface area (Å²) in [5, 5.41) is 4.25. The maximum Gasteiger partial charge on any atom is 0.338 e. The maximum absolute atomic E-state index is 12.4. The van der Waals surface area contributed by atoms with Crippen molar-refractivity contribution in [2.75, 3.05) is 13.1 Å². The second kappa shape index (κ2) is 7.27. The Morgan fingerprint density at radius 2 is 1.85 bits per heavy atom. The Kier molecular flexibility index (Phi) is 4.85. The molecule has 26 heavy (non-hydrogen) atoms. The summed E-state index contributed by atoms with van der Waals surface area (Å²) in [6, 6.07) is 10.2. The number of nitrogens with one attached hydrogen (secondary N) is 1. The van der Waals surface area contributed by atoms with Crippen LogP contribution >= 0.6 is 23.2 Å². The summed E-state index contributed by atoms with van der Waals surface area (Å²) in [7, 11) is 0. The number of benzene rings is 2. The quantitative estimate of drug-likeness (QED) is 0.655. The van der Waals surface area contributed by atoms with Crippen LogP contribution in [0.1, 0.15) is 23.2 Å². The third-order valence-corrected chi connectivity index (χ3v) is 4.73. The van der Waals surface area contributed by atoms with Crippen LogP contribution in [0.5, 0.6) is 0 Å². The molecule has 1 N–H and O–H groups in total. The molecule has 0 saturated carbocycles. The van der Waals surface area contributed by atoms with Gasteiger partial charge < -0.3 is 14.5 Å². The molecule has 1 aromatic heterocycles. The molecule has 1 aliphatic heterocycles. The number of rotatable bonds is 3. The highest BCUT2D eigenvalue weighted by Crippen LogP contribution is 2.29. The van der Waals surface area contributed by atoms with Gasteiger partial charge in [-0.1, -0.05) is 23.2 Å². The molecule has 4 rings (SSSR count). The minimum Gasteiger partial charge on any atom is -0.459 e. The number of ether oxygens (including phenoxy) is 1. The second-order valence-electron chi connectivity index (χ2n) is 6.21. The molecule has 5 nitrogen and oxygen atoms in total. The summed E-state index contributed by atoms with van der Waals surface area (Å²) in [5.41, 5.74) is 2.28. The Balaban J connectivity index is 1.60. The summed E-state index contributed by atoms with van der Waals surface area (Å²) in [6.07, 6.45) is 1.62. The molecule has 0 aliphatic carbocycles. The van der Waals surface area contributed by atoms with Crippen LogP contribution < -0.4 is 5.32 Å². The molecule has 0 bridgehead atoms. The second-order valence-corrected chi connectivity index (χ2v) is 7.09. The summed E-state index contributed by atoms with van der Waals surface area (Å²) in [4.78, 5) is 16.8. The number of esters is 1. The van der Waals surface area contributed by atoms with Gasteiger partial charge in [0.05, 0.1) is 5.56 Å². The Hall–Kier alpha value is -2.08. The number of aromatic nitrogens is 1. The van der Waals surface area contributed by atoms with E-state index in [1.54, 1.807) is 36.4 Å². The molecule has 1 aliphatic rings. The molecule has 7 heteroatoms. The van der Waals surface area contributed by atoms with Gasteiger partial charge in [-0.2, -0.15) is 0 Å². The average molecular weight is 391 g/mol. The zero-order chi connectivity index (χ0) is 18.1. The third kappa shape index (κ3) is 3.70. The van der Waals surface area contributed by atoms with E-state index in [1.165, 1.54) is 0 Å². The van der Waals surface area contributed by atoms with Crippen molar-refractivity contribution in [3.8, 4) is 11.5 Å². The lowest BCUT2D eigenvalue weighted by Crippen LogP contribution is -2.33. The Labute approximate surface area is 160 Å². The molecule has 3 aromatic rings. The fourth-order valence-corrected chi connectivity index (χ4v) is 3.51. The predicted molar refractivity (Wildman–Crippen MR) is 101 cm³/mol. The van der Waals surface area contributed by atoms with Crippen LogP contribution in [0.25, 0.3) is 22.6 Å². The van der Waals surface area contributed by atoms with Gasteiger partial charge in [-0.25, -0.2) is 9.78 Å². The van der Waals surface area contributed by atoms with Gasteiger partial charge in [-0.05, 0) is 62.3 Å². The number of nitrogens with zero attached hydrogens (tertiary/aromatic N) is 1. The molecule has 1 saturated heterocycles. The number of carbonyl (C=O) groups is 1. The Morgan fingerprint density at radius 3 is 2.58 bits per heavy atom. The topological polar surface area (TPSA) is 64.4 Å². The van der Waals surface area contributed by atoms with Gasteiger partial charge in [0.1, 0.15) is 11.6 Å². The largest absolute Gasteiger partial charge is 0.459 e. The van der Waals surface area contributed by atoms with Crippen molar-refractivity contribution < 1.29 is 13.9 Å². The van der Waals surface area contributed by atoms with Crippen molar-refractivity contribution in [3.05, 3.63) is 52.0 Å². The van der Waals surface area contributed by atoms with E-state index in [0.717, 1.165) is 25.9 Å². The molecule has 0 spiro atoms.